The second-order valence-corrected chi connectivity index (χ2v) is 6.84. The molecule has 0 radical (unpaired) electrons. The van der Waals surface area contributed by atoms with Gasteiger partial charge in [0.2, 0.25) is 11.8 Å². The summed E-state index contributed by atoms with van der Waals surface area (Å²) in [6, 6.07) is 14.1. The maximum atomic E-state index is 12.5. The largest absolute Gasteiger partial charge is 0.376 e. The topological polar surface area (TPSA) is 90.5 Å². The molecule has 30 heavy (non-hydrogen) atoms. The number of anilines is 3. The van der Waals surface area contributed by atoms with Gasteiger partial charge in [-0.25, -0.2) is 0 Å². The summed E-state index contributed by atoms with van der Waals surface area (Å²) in [5.41, 5.74) is 2.52. The van der Waals surface area contributed by atoms with E-state index in [1.54, 1.807) is 41.3 Å². The van der Waals surface area contributed by atoms with Gasteiger partial charge in [-0.3, -0.25) is 14.4 Å². The third-order valence-corrected chi connectivity index (χ3v) is 4.52. The highest BCUT2D eigenvalue weighted by Gasteiger charge is 2.13. The first-order chi connectivity index (χ1) is 14.5. The highest BCUT2D eigenvalue weighted by molar-refractivity contribution is 5.98. The van der Waals surface area contributed by atoms with Gasteiger partial charge in [0.15, 0.2) is 0 Å². The Labute approximate surface area is 177 Å². The van der Waals surface area contributed by atoms with Gasteiger partial charge in [-0.1, -0.05) is 19.1 Å². The van der Waals surface area contributed by atoms with Crippen molar-refractivity contribution < 1.29 is 14.4 Å². The number of rotatable bonds is 10. The molecule has 160 valence electrons. The zero-order valence-corrected chi connectivity index (χ0v) is 17.8. The van der Waals surface area contributed by atoms with Gasteiger partial charge in [0.1, 0.15) is 0 Å². The van der Waals surface area contributed by atoms with E-state index in [1.165, 1.54) is 0 Å². The van der Waals surface area contributed by atoms with E-state index in [9.17, 15) is 14.4 Å². The van der Waals surface area contributed by atoms with Gasteiger partial charge in [0.25, 0.3) is 5.91 Å². The first-order valence-electron chi connectivity index (χ1n) is 10.3. The van der Waals surface area contributed by atoms with Gasteiger partial charge < -0.3 is 20.9 Å². The Morgan fingerprint density at radius 1 is 0.800 bits per heavy atom. The molecule has 2 aromatic carbocycles. The van der Waals surface area contributed by atoms with Crippen LogP contribution in [0.25, 0.3) is 0 Å². The van der Waals surface area contributed by atoms with Gasteiger partial charge in [0.05, 0.1) is 6.54 Å². The minimum Gasteiger partial charge on any atom is -0.376 e. The second-order valence-electron chi connectivity index (χ2n) is 6.84. The number of carbonyl (C=O) groups is 3. The lowest BCUT2D eigenvalue weighted by atomic mass is 10.1. The van der Waals surface area contributed by atoms with Gasteiger partial charge >= 0.3 is 0 Å². The van der Waals surface area contributed by atoms with Gasteiger partial charge in [-0.2, -0.15) is 0 Å². The number of amides is 3. The van der Waals surface area contributed by atoms with E-state index < -0.39 is 0 Å². The molecule has 0 aromatic heterocycles. The molecule has 0 saturated carbocycles. The lowest BCUT2D eigenvalue weighted by Gasteiger charge is -2.19. The SMILES string of the molecule is CCCC(=O)Nc1cccc(NCC(=O)Nc2cccc(C(=O)N(CC)CC)c2)c1. The lowest BCUT2D eigenvalue weighted by molar-refractivity contribution is -0.116. The van der Waals surface area contributed by atoms with Crippen molar-refractivity contribution in [3.63, 3.8) is 0 Å². The third-order valence-electron chi connectivity index (χ3n) is 4.52. The normalized spacial score (nSPS) is 10.2. The number of nitrogens with one attached hydrogen (secondary N) is 3. The Hall–Kier alpha value is -3.35. The molecule has 0 spiro atoms. The van der Waals surface area contributed by atoms with Crippen LogP contribution >= 0.6 is 0 Å². The molecule has 0 heterocycles. The predicted octanol–water partition coefficient (Wildman–Crippen LogP) is 3.96. The van der Waals surface area contributed by atoms with Crippen LogP contribution < -0.4 is 16.0 Å². The zero-order valence-electron chi connectivity index (χ0n) is 17.8. The Morgan fingerprint density at radius 2 is 1.40 bits per heavy atom. The van der Waals surface area contributed by atoms with Crippen molar-refractivity contribution in [3.8, 4) is 0 Å². The number of carbonyl (C=O) groups excluding carboxylic acids is 3. The third kappa shape index (κ3) is 6.92. The number of hydrogen-bond acceptors (Lipinski definition) is 4. The summed E-state index contributed by atoms with van der Waals surface area (Å²) in [4.78, 5) is 38.3. The van der Waals surface area contributed by atoms with E-state index in [2.05, 4.69) is 16.0 Å². The molecule has 0 aliphatic carbocycles. The summed E-state index contributed by atoms with van der Waals surface area (Å²) < 4.78 is 0. The number of nitrogens with zero attached hydrogens (tertiary/aromatic N) is 1. The van der Waals surface area contributed by atoms with Crippen molar-refractivity contribution in [3.05, 3.63) is 54.1 Å². The summed E-state index contributed by atoms with van der Waals surface area (Å²) in [6.45, 7) is 7.14. The summed E-state index contributed by atoms with van der Waals surface area (Å²) in [6.07, 6.45) is 1.25. The monoisotopic (exact) mass is 410 g/mol. The molecule has 3 N–H and O–H groups in total. The van der Waals surface area contributed by atoms with Crippen molar-refractivity contribution in [1.29, 1.82) is 0 Å². The average molecular weight is 411 g/mol. The van der Waals surface area contributed by atoms with E-state index in [-0.39, 0.29) is 24.3 Å². The summed E-state index contributed by atoms with van der Waals surface area (Å²) in [5, 5.41) is 8.68. The molecule has 0 aliphatic heterocycles. The summed E-state index contributed by atoms with van der Waals surface area (Å²) in [7, 11) is 0. The van der Waals surface area contributed by atoms with Crippen LogP contribution in [0.15, 0.2) is 48.5 Å². The summed E-state index contributed by atoms with van der Waals surface area (Å²) >= 11 is 0. The average Bonchev–Trinajstić information content (AvgIpc) is 2.73. The molecule has 2 rings (SSSR count). The fraction of sp³-hybridized carbons (Fsp3) is 0.348. The molecule has 0 saturated heterocycles. The molecular formula is C23H30N4O3. The number of hydrogen-bond donors (Lipinski definition) is 3. The van der Waals surface area contributed by atoms with Crippen LogP contribution in [0.2, 0.25) is 0 Å². The Balaban J connectivity index is 1.93. The van der Waals surface area contributed by atoms with Crippen LogP contribution in [-0.2, 0) is 9.59 Å². The first kappa shape index (κ1) is 22.9. The smallest absolute Gasteiger partial charge is 0.253 e. The second kappa shape index (κ2) is 11.6. The zero-order chi connectivity index (χ0) is 21.9. The Bertz CT molecular complexity index is 878. The van der Waals surface area contributed by atoms with Crippen LogP contribution in [0.4, 0.5) is 17.1 Å². The van der Waals surface area contributed by atoms with Crippen molar-refractivity contribution in [1.82, 2.24) is 4.90 Å². The molecule has 2 aromatic rings. The van der Waals surface area contributed by atoms with Gasteiger partial charge in [-0.15, -0.1) is 0 Å². The van der Waals surface area contributed by atoms with Crippen LogP contribution in [0.5, 0.6) is 0 Å². The highest BCUT2D eigenvalue weighted by Crippen LogP contribution is 2.16. The predicted molar refractivity (Wildman–Crippen MR) is 121 cm³/mol. The van der Waals surface area contributed by atoms with Crippen LogP contribution in [0.3, 0.4) is 0 Å². The summed E-state index contributed by atoms with van der Waals surface area (Å²) in [5.74, 6) is -0.328. The minimum absolute atomic E-state index is 0.0356. The molecule has 0 aliphatic rings. The number of benzene rings is 2. The molecular weight excluding hydrogens is 380 g/mol. The Morgan fingerprint density at radius 3 is 2.07 bits per heavy atom. The van der Waals surface area contributed by atoms with Crippen molar-refractivity contribution in [2.24, 2.45) is 0 Å². The maximum Gasteiger partial charge on any atom is 0.253 e. The van der Waals surface area contributed by atoms with Crippen molar-refractivity contribution in [2.75, 3.05) is 35.6 Å². The fourth-order valence-electron chi connectivity index (χ4n) is 2.97. The van der Waals surface area contributed by atoms with E-state index in [1.807, 2.05) is 32.9 Å². The highest BCUT2D eigenvalue weighted by atomic mass is 16.2. The van der Waals surface area contributed by atoms with E-state index in [0.29, 0.717) is 36.4 Å². The minimum atomic E-state index is -0.233. The molecule has 0 fully saturated rings. The van der Waals surface area contributed by atoms with E-state index in [0.717, 1.165) is 12.1 Å². The van der Waals surface area contributed by atoms with Crippen LogP contribution in [0.1, 0.15) is 44.0 Å². The maximum absolute atomic E-state index is 12.5. The van der Waals surface area contributed by atoms with Crippen LogP contribution in [0, 0.1) is 0 Å². The van der Waals surface area contributed by atoms with Gasteiger partial charge in [-0.05, 0) is 56.7 Å². The van der Waals surface area contributed by atoms with Crippen LogP contribution in [-0.4, -0.2) is 42.3 Å². The Kier molecular flexibility index (Phi) is 8.87. The fourth-order valence-corrected chi connectivity index (χ4v) is 2.97. The van der Waals surface area contributed by atoms with Crippen molar-refractivity contribution >= 4 is 34.8 Å². The van der Waals surface area contributed by atoms with Crippen molar-refractivity contribution in [2.45, 2.75) is 33.6 Å². The quantitative estimate of drug-likeness (QED) is 0.553. The molecule has 0 bridgehead atoms. The lowest BCUT2D eigenvalue weighted by Crippen LogP contribution is -2.30. The van der Waals surface area contributed by atoms with E-state index in [4.69, 9.17) is 0 Å². The first-order valence-corrected chi connectivity index (χ1v) is 10.3. The molecule has 7 heteroatoms. The molecule has 3 amide bonds. The molecule has 0 unspecified atom stereocenters. The standard InChI is InChI=1S/C23H30N4O3/c1-4-9-21(28)25-20-13-8-11-18(15-20)24-16-22(29)26-19-12-7-10-17(14-19)23(30)27(5-2)6-3/h7-8,10-15,24H,4-6,9,16H2,1-3H3,(H,25,28)(H,26,29). The van der Waals surface area contributed by atoms with E-state index >= 15 is 0 Å². The molecule has 7 nitrogen and oxygen atoms in total. The molecule has 0 atom stereocenters. The van der Waals surface area contributed by atoms with Gasteiger partial charge in [0, 0.05) is 42.1 Å².